The first-order valence-corrected chi connectivity index (χ1v) is 10.4. The van der Waals surface area contributed by atoms with Gasteiger partial charge < -0.3 is 15.0 Å². The fraction of sp³-hybridized carbons (Fsp3) is 0.684. The molecule has 144 valence electrons. The van der Waals surface area contributed by atoms with E-state index < -0.39 is 0 Å². The minimum absolute atomic E-state index is 0.0258. The molecule has 2 fully saturated rings. The number of aliphatic imine (C=N–C) groups is 1. The second kappa shape index (κ2) is 9.37. The Morgan fingerprint density at radius 1 is 1.35 bits per heavy atom. The first-order chi connectivity index (χ1) is 12.7. The highest BCUT2D eigenvalue weighted by Gasteiger charge is 2.28. The van der Waals surface area contributed by atoms with E-state index in [1.807, 2.05) is 18.4 Å². The predicted octanol–water partition coefficient (Wildman–Crippen LogP) is 2.35. The molecule has 0 aromatic carbocycles. The molecule has 0 amide bonds. The van der Waals surface area contributed by atoms with Crippen LogP contribution < -0.4 is 5.32 Å². The fourth-order valence-corrected chi connectivity index (χ4v) is 4.82. The number of hydrogen-bond acceptors (Lipinski definition) is 5. The highest BCUT2D eigenvalue weighted by molar-refractivity contribution is 7.10. The summed E-state index contributed by atoms with van der Waals surface area (Å²) in [4.78, 5) is 22.5. The molecule has 3 rings (SSSR count). The Labute approximate surface area is 160 Å². The molecule has 0 aliphatic carbocycles. The molecule has 1 N–H and O–H groups in total. The molecular weight excluding hydrogens is 348 g/mol. The Kier molecular flexibility index (Phi) is 6.91. The topological polar surface area (TPSA) is 57.2 Å². The van der Waals surface area contributed by atoms with Crippen LogP contribution in [0.4, 0.5) is 0 Å². The maximum Gasteiger partial charge on any atom is 0.308 e. The minimum atomic E-state index is -0.0839. The lowest BCUT2D eigenvalue weighted by atomic mass is 9.97. The second-order valence-corrected chi connectivity index (χ2v) is 7.97. The van der Waals surface area contributed by atoms with Crippen LogP contribution in [-0.4, -0.2) is 68.6 Å². The van der Waals surface area contributed by atoms with E-state index in [-0.39, 0.29) is 11.9 Å². The van der Waals surface area contributed by atoms with E-state index in [0.29, 0.717) is 6.04 Å². The average molecular weight is 379 g/mol. The van der Waals surface area contributed by atoms with Gasteiger partial charge in [0.15, 0.2) is 5.96 Å². The zero-order valence-corrected chi connectivity index (χ0v) is 16.6. The van der Waals surface area contributed by atoms with Crippen molar-refractivity contribution in [3.05, 3.63) is 22.4 Å². The summed E-state index contributed by atoms with van der Waals surface area (Å²) in [5.74, 6) is 0.881. The number of thiophene rings is 1. The van der Waals surface area contributed by atoms with E-state index in [2.05, 4.69) is 37.6 Å². The molecule has 1 atom stereocenters. The zero-order valence-electron chi connectivity index (χ0n) is 15.8. The molecule has 3 heterocycles. The van der Waals surface area contributed by atoms with E-state index in [9.17, 15) is 4.79 Å². The monoisotopic (exact) mass is 378 g/mol. The third-order valence-electron chi connectivity index (χ3n) is 5.45. The third kappa shape index (κ3) is 4.57. The summed E-state index contributed by atoms with van der Waals surface area (Å²) in [5.41, 5.74) is 0. The van der Waals surface area contributed by atoms with Gasteiger partial charge in [0.25, 0.3) is 0 Å². The molecule has 7 heteroatoms. The average Bonchev–Trinajstić information content (AvgIpc) is 3.39. The van der Waals surface area contributed by atoms with Crippen LogP contribution in [0.3, 0.4) is 0 Å². The van der Waals surface area contributed by atoms with Gasteiger partial charge in [-0.15, -0.1) is 11.3 Å². The number of carbonyl (C=O) groups is 1. The van der Waals surface area contributed by atoms with Gasteiger partial charge in [0.05, 0.1) is 19.1 Å². The van der Waals surface area contributed by atoms with Crippen molar-refractivity contribution in [1.29, 1.82) is 0 Å². The molecule has 0 spiro atoms. The van der Waals surface area contributed by atoms with Gasteiger partial charge in [0.2, 0.25) is 0 Å². The number of esters is 1. The number of piperidine rings is 1. The van der Waals surface area contributed by atoms with Gasteiger partial charge in [-0.3, -0.25) is 14.7 Å². The molecule has 1 aromatic heterocycles. The van der Waals surface area contributed by atoms with Gasteiger partial charge in [-0.25, -0.2) is 0 Å². The lowest BCUT2D eigenvalue weighted by Crippen LogP contribution is -2.48. The van der Waals surface area contributed by atoms with Crippen molar-refractivity contribution in [2.75, 3.05) is 46.9 Å². The molecule has 2 aliphatic heterocycles. The molecule has 0 saturated carbocycles. The number of ether oxygens (including phenoxy) is 1. The fourth-order valence-electron chi connectivity index (χ4n) is 3.96. The number of nitrogens with zero attached hydrogens (tertiary/aromatic N) is 3. The van der Waals surface area contributed by atoms with Crippen molar-refractivity contribution < 1.29 is 9.53 Å². The summed E-state index contributed by atoms with van der Waals surface area (Å²) in [6.45, 7) is 4.89. The third-order valence-corrected chi connectivity index (χ3v) is 6.42. The largest absolute Gasteiger partial charge is 0.469 e. The SMILES string of the molecule is CN=C(NCC(c1cccs1)N1CCCC1)N1CCC(C(=O)OC)CC1. The maximum atomic E-state index is 11.7. The molecule has 0 bridgehead atoms. The standard InChI is InChI=1S/C19H30N4O2S/c1-20-19(23-11-7-15(8-12-23)18(24)25-2)21-14-16(17-6-5-13-26-17)22-9-3-4-10-22/h5-6,13,15-16H,3-4,7-12,14H2,1-2H3,(H,20,21). The molecule has 6 nitrogen and oxygen atoms in total. The summed E-state index contributed by atoms with van der Waals surface area (Å²) in [5, 5.41) is 5.74. The van der Waals surface area contributed by atoms with Crippen LogP contribution in [0.1, 0.15) is 36.6 Å². The molecule has 0 radical (unpaired) electrons. The van der Waals surface area contributed by atoms with Crippen molar-refractivity contribution in [3.8, 4) is 0 Å². The quantitative estimate of drug-likeness (QED) is 0.484. The van der Waals surface area contributed by atoms with E-state index >= 15 is 0 Å². The molecule has 2 aliphatic rings. The highest BCUT2D eigenvalue weighted by atomic mass is 32.1. The lowest BCUT2D eigenvalue weighted by molar-refractivity contribution is -0.146. The van der Waals surface area contributed by atoms with Crippen LogP contribution in [0.5, 0.6) is 0 Å². The number of likely N-dealkylation sites (tertiary alicyclic amines) is 2. The number of guanidine groups is 1. The van der Waals surface area contributed by atoms with E-state index in [1.165, 1.54) is 37.9 Å². The van der Waals surface area contributed by atoms with Crippen molar-refractivity contribution in [3.63, 3.8) is 0 Å². The number of methoxy groups -OCH3 is 1. The van der Waals surface area contributed by atoms with Crippen LogP contribution in [-0.2, 0) is 9.53 Å². The predicted molar refractivity (Wildman–Crippen MR) is 106 cm³/mol. The van der Waals surface area contributed by atoms with Gasteiger partial charge in [0.1, 0.15) is 0 Å². The Balaban J connectivity index is 1.57. The molecule has 2 saturated heterocycles. The molecule has 26 heavy (non-hydrogen) atoms. The van der Waals surface area contributed by atoms with Gasteiger partial charge >= 0.3 is 5.97 Å². The summed E-state index contributed by atoms with van der Waals surface area (Å²) >= 11 is 1.83. The lowest BCUT2D eigenvalue weighted by Gasteiger charge is -2.34. The summed E-state index contributed by atoms with van der Waals surface area (Å²) in [6, 6.07) is 4.77. The zero-order chi connectivity index (χ0) is 18.4. The molecule has 1 aromatic rings. The van der Waals surface area contributed by atoms with Gasteiger partial charge in [-0.2, -0.15) is 0 Å². The summed E-state index contributed by atoms with van der Waals surface area (Å²) in [6.07, 6.45) is 4.23. The molecule has 1 unspecified atom stereocenters. The Bertz CT molecular complexity index is 591. The molecular formula is C19H30N4O2S. The first-order valence-electron chi connectivity index (χ1n) is 9.53. The summed E-state index contributed by atoms with van der Waals surface area (Å²) < 4.78 is 4.88. The van der Waals surface area contributed by atoms with Crippen LogP contribution >= 0.6 is 11.3 Å². The van der Waals surface area contributed by atoms with E-state index in [0.717, 1.165) is 38.4 Å². The van der Waals surface area contributed by atoms with Crippen molar-refractivity contribution in [1.82, 2.24) is 15.1 Å². The van der Waals surface area contributed by atoms with Crippen LogP contribution in [0.15, 0.2) is 22.5 Å². The van der Waals surface area contributed by atoms with Gasteiger partial charge in [-0.1, -0.05) is 6.07 Å². The number of nitrogens with one attached hydrogen (secondary N) is 1. The summed E-state index contributed by atoms with van der Waals surface area (Å²) in [7, 11) is 3.31. The van der Waals surface area contributed by atoms with Crippen molar-refractivity contribution >= 4 is 23.3 Å². The Morgan fingerprint density at radius 3 is 2.65 bits per heavy atom. The van der Waals surface area contributed by atoms with Crippen molar-refractivity contribution in [2.45, 2.75) is 31.7 Å². The van der Waals surface area contributed by atoms with E-state index in [4.69, 9.17) is 4.74 Å². The second-order valence-electron chi connectivity index (χ2n) is 6.99. The van der Waals surface area contributed by atoms with Gasteiger partial charge in [0, 0.05) is 31.6 Å². The normalized spacial score (nSPS) is 21.0. The van der Waals surface area contributed by atoms with Crippen molar-refractivity contribution in [2.24, 2.45) is 10.9 Å². The number of carbonyl (C=O) groups excluding carboxylic acids is 1. The van der Waals surface area contributed by atoms with Gasteiger partial charge in [-0.05, 0) is 50.2 Å². The maximum absolute atomic E-state index is 11.7. The first kappa shape index (κ1) is 19.2. The Hall–Kier alpha value is -1.60. The van der Waals surface area contributed by atoms with Crippen LogP contribution in [0.2, 0.25) is 0 Å². The number of rotatable bonds is 5. The van der Waals surface area contributed by atoms with E-state index in [1.54, 1.807) is 0 Å². The smallest absolute Gasteiger partial charge is 0.308 e. The van der Waals surface area contributed by atoms with Crippen LogP contribution in [0, 0.1) is 5.92 Å². The number of hydrogen-bond donors (Lipinski definition) is 1. The van der Waals surface area contributed by atoms with Crippen LogP contribution in [0.25, 0.3) is 0 Å². The Morgan fingerprint density at radius 2 is 2.08 bits per heavy atom. The highest BCUT2D eigenvalue weighted by Crippen LogP contribution is 2.28. The minimum Gasteiger partial charge on any atom is -0.469 e.